The monoisotopic (exact) mass is 352 g/mol. The first-order valence-corrected chi connectivity index (χ1v) is 8.26. The van der Waals surface area contributed by atoms with Gasteiger partial charge >= 0.3 is 11.9 Å². The topological polar surface area (TPSA) is 81.3 Å². The van der Waals surface area contributed by atoms with Gasteiger partial charge in [-0.05, 0) is 63.2 Å². The van der Waals surface area contributed by atoms with Gasteiger partial charge in [0.25, 0.3) is 0 Å². The normalized spacial score (nSPS) is 9.92. The largest absolute Gasteiger partial charge is 0.462 e. The second-order valence-corrected chi connectivity index (χ2v) is 5.39. The molecule has 0 N–H and O–H groups in total. The Hall–Kier alpha value is -3.33. The van der Waals surface area contributed by atoms with E-state index in [4.69, 9.17) is 14.7 Å². The summed E-state index contributed by atoms with van der Waals surface area (Å²) in [5.74, 6) is -1.45. The molecule has 0 saturated heterocycles. The number of nitrogens with zero attached hydrogens (tertiary/aromatic N) is 2. The predicted molar refractivity (Wildman–Crippen MR) is 96.5 cm³/mol. The van der Waals surface area contributed by atoms with Gasteiger partial charge in [-0.3, -0.25) is 0 Å². The molecule has 6 heteroatoms. The minimum Gasteiger partial charge on any atom is -0.462 e. The summed E-state index contributed by atoms with van der Waals surface area (Å²) in [6.45, 7) is 5.56. The van der Waals surface area contributed by atoms with E-state index in [2.05, 4.69) is 6.07 Å². The first kappa shape index (κ1) is 19.0. The smallest absolute Gasteiger partial charge is 0.345 e. The number of hydrogen-bond acceptors (Lipinski definition) is 5. The lowest BCUT2D eigenvalue weighted by Gasteiger charge is -2.11. The Bertz CT molecular complexity index is 850. The zero-order valence-electron chi connectivity index (χ0n) is 15.0. The summed E-state index contributed by atoms with van der Waals surface area (Å²) >= 11 is 0. The molecule has 1 aromatic heterocycles. The van der Waals surface area contributed by atoms with Crippen molar-refractivity contribution in [3.05, 3.63) is 58.9 Å². The van der Waals surface area contributed by atoms with Crippen molar-refractivity contribution in [3.8, 4) is 11.8 Å². The molecule has 0 aliphatic carbocycles. The minimum atomic E-state index is -0.726. The van der Waals surface area contributed by atoms with Crippen LogP contribution in [0, 0.1) is 18.3 Å². The van der Waals surface area contributed by atoms with E-state index < -0.39 is 11.9 Å². The van der Waals surface area contributed by atoms with Crippen molar-refractivity contribution in [2.45, 2.75) is 20.8 Å². The highest BCUT2D eigenvalue weighted by Crippen LogP contribution is 2.20. The van der Waals surface area contributed by atoms with Crippen LogP contribution in [0.15, 0.2) is 42.0 Å². The van der Waals surface area contributed by atoms with Crippen LogP contribution in [-0.2, 0) is 19.1 Å². The number of carbonyl (C=O) groups excluding carboxylic acids is 2. The molecule has 6 nitrogen and oxygen atoms in total. The molecule has 1 heterocycles. The van der Waals surface area contributed by atoms with Crippen LogP contribution in [0.1, 0.15) is 30.8 Å². The van der Waals surface area contributed by atoms with Crippen LogP contribution in [0.2, 0.25) is 0 Å². The first-order chi connectivity index (χ1) is 12.5. The van der Waals surface area contributed by atoms with Crippen molar-refractivity contribution < 1.29 is 19.1 Å². The van der Waals surface area contributed by atoms with E-state index in [0.29, 0.717) is 11.3 Å². The molecule has 2 rings (SSSR count). The van der Waals surface area contributed by atoms with Gasteiger partial charge in [-0.15, -0.1) is 0 Å². The Morgan fingerprint density at radius 2 is 1.62 bits per heavy atom. The van der Waals surface area contributed by atoms with Gasteiger partial charge in [-0.25, -0.2) is 9.59 Å². The molecule has 0 amide bonds. The maximum atomic E-state index is 12.2. The third kappa shape index (κ3) is 4.19. The van der Waals surface area contributed by atoms with Crippen LogP contribution in [0.3, 0.4) is 0 Å². The van der Waals surface area contributed by atoms with Gasteiger partial charge in [0.1, 0.15) is 5.57 Å². The lowest BCUT2D eigenvalue weighted by atomic mass is 10.2. The molecular weight excluding hydrogens is 332 g/mol. The van der Waals surface area contributed by atoms with Crippen molar-refractivity contribution in [2.24, 2.45) is 0 Å². The van der Waals surface area contributed by atoms with Crippen LogP contribution in [-0.4, -0.2) is 29.7 Å². The van der Waals surface area contributed by atoms with E-state index >= 15 is 0 Å². The van der Waals surface area contributed by atoms with Crippen molar-refractivity contribution in [2.75, 3.05) is 13.2 Å². The third-order valence-electron chi connectivity index (χ3n) is 3.64. The average molecular weight is 352 g/mol. The van der Waals surface area contributed by atoms with Crippen LogP contribution >= 0.6 is 0 Å². The van der Waals surface area contributed by atoms with Crippen molar-refractivity contribution in [1.29, 1.82) is 5.26 Å². The summed E-state index contributed by atoms with van der Waals surface area (Å²) in [4.78, 5) is 24.3. The Morgan fingerprint density at radius 1 is 1.04 bits per heavy atom. The molecule has 0 unspecified atom stereocenters. The molecular formula is C20H20N2O4. The number of esters is 2. The number of benzene rings is 1. The van der Waals surface area contributed by atoms with Crippen molar-refractivity contribution >= 4 is 18.0 Å². The van der Waals surface area contributed by atoms with Gasteiger partial charge < -0.3 is 14.0 Å². The molecule has 0 spiro atoms. The highest BCUT2D eigenvalue weighted by molar-refractivity contribution is 6.17. The number of carbonyl (C=O) groups is 2. The molecule has 0 radical (unpaired) electrons. The summed E-state index contributed by atoms with van der Waals surface area (Å²) in [6.07, 6.45) is 1.46. The highest BCUT2D eigenvalue weighted by Gasteiger charge is 2.22. The fourth-order valence-corrected chi connectivity index (χ4v) is 2.48. The van der Waals surface area contributed by atoms with Gasteiger partial charge in [-0.1, -0.05) is 0 Å². The Morgan fingerprint density at radius 3 is 2.12 bits per heavy atom. The number of aromatic nitrogens is 1. The van der Waals surface area contributed by atoms with Gasteiger partial charge in [0.05, 0.1) is 24.8 Å². The first-order valence-electron chi connectivity index (χ1n) is 8.26. The van der Waals surface area contributed by atoms with Gasteiger partial charge in [-0.2, -0.15) is 5.26 Å². The molecule has 0 aliphatic heterocycles. The summed E-state index contributed by atoms with van der Waals surface area (Å²) in [5.41, 5.74) is 2.73. The maximum absolute atomic E-state index is 12.2. The van der Waals surface area contributed by atoms with Crippen molar-refractivity contribution in [3.63, 3.8) is 0 Å². The van der Waals surface area contributed by atoms with E-state index in [1.165, 1.54) is 6.08 Å². The standard InChI is InChI=1S/C20H20N2O4/c1-4-25-19(23)18(20(24)26-5-2)12-17-9-6-14(3)22(17)16-10-7-15(13-21)8-11-16/h6-12H,4-5H2,1-3H3. The second-order valence-electron chi connectivity index (χ2n) is 5.39. The van der Waals surface area contributed by atoms with Crippen LogP contribution < -0.4 is 0 Å². The molecule has 0 aliphatic rings. The lowest BCUT2D eigenvalue weighted by molar-refractivity contribution is -0.146. The maximum Gasteiger partial charge on any atom is 0.345 e. The van der Waals surface area contributed by atoms with Gasteiger partial charge in [0.2, 0.25) is 0 Å². The van der Waals surface area contributed by atoms with Crippen LogP contribution in [0.4, 0.5) is 0 Å². The fraction of sp³-hybridized carbons (Fsp3) is 0.250. The van der Waals surface area contributed by atoms with E-state index in [-0.39, 0.29) is 18.8 Å². The minimum absolute atomic E-state index is 0.158. The number of hydrogen-bond donors (Lipinski definition) is 0. The highest BCUT2D eigenvalue weighted by atomic mass is 16.6. The predicted octanol–water partition coefficient (Wildman–Crippen LogP) is 3.17. The Balaban J connectivity index is 2.51. The molecule has 0 fully saturated rings. The molecule has 2 aromatic rings. The second kappa shape index (κ2) is 8.67. The summed E-state index contributed by atoms with van der Waals surface area (Å²) < 4.78 is 11.8. The SMILES string of the molecule is CCOC(=O)C(=Cc1ccc(C)n1-c1ccc(C#N)cc1)C(=O)OCC. The van der Waals surface area contributed by atoms with E-state index in [1.807, 2.05) is 17.6 Å². The average Bonchev–Trinajstić information content (AvgIpc) is 3.00. The van der Waals surface area contributed by atoms with Gasteiger partial charge in [0.15, 0.2) is 0 Å². The number of aryl methyl sites for hydroxylation is 1. The summed E-state index contributed by atoms with van der Waals surface area (Å²) in [6, 6.07) is 12.8. The molecule has 0 saturated carbocycles. The van der Waals surface area contributed by atoms with E-state index in [1.54, 1.807) is 44.2 Å². The number of ether oxygens (including phenoxy) is 2. The third-order valence-corrected chi connectivity index (χ3v) is 3.64. The quantitative estimate of drug-likeness (QED) is 0.345. The lowest BCUT2D eigenvalue weighted by Crippen LogP contribution is -2.18. The van der Waals surface area contributed by atoms with E-state index in [0.717, 1.165) is 11.4 Å². The molecule has 26 heavy (non-hydrogen) atoms. The Kier molecular flexibility index (Phi) is 6.34. The Labute approximate surface area is 152 Å². The van der Waals surface area contributed by atoms with Crippen LogP contribution in [0.25, 0.3) is 11.8 Å². The zero-order chi connectivity index (χ0) is 19.1. The van der Waals surface area contributed by atoms with E-state index in [9.17, 15) is 9.59 Å². The molecule has 134 valence electrons. The van der Waals surface area contributed by atoms with Gasteiger partial charge in [0, 0.05) is 17.1 Å². The molecule has 0 atom stereocenters. The summed E-state index contributed by atoms with van der Waals surface area (Å²) in [5, 5.41) is 8.94. The zero-order valence-corrected chi connectivity index (χ0v) is 15.0. The number of nitriles is 1. The fourth-order valence-electron chi connectivity index (χ4n) is 2.48. The summed E-state index contributed by atoms with van der Waals surface area (Å²) in [7, 11) is 0. The number of rotatable bonds is 6. The van der Waals surface area contributed by atoms with Crippen molar-refractivity contribution in [1.82, 2.24) is 4.57 Å². The molecule has 1 aromatic carbocycles. The molecule has 0 bridgehead atoms. The van der Waals surface area contributed by atoms with Crippen LogP contribution in [0.5, 0.6) is 0 Å².